The Labute approximate surface area is 125 Å². The maximum absolute atomic E-state index is 11.8. The molecular formula is C16H24N2O3. The largest absolute Gasteiger partial charge is 0.480 e. The molecule has 1 aromatic rings. The third-order valence-electron chi connectivity index (χ3n) is 3.25. The summed E-state index contributed by atoms with van der Waals surface area (Å²) in [6, 6.07) is 7.94. The van der Waals surface area contributed by atoms with Gasteiger partial charge in [0.15, 0.2) is 0 Å². The van der Waals surface area contributed by atoms with Crippen LogP contribution in [0.3, 0.4) is 0 Å². The highest BCUT2D eigenvalue weighted by Crippen LogP contribution is 2.04. The molecular weight excluding hydrogens is 268 g/mol. The molecule has 1 aromatic carbocycles. The number of urea groups is 1. The van der Waals surface area contributed by atoms with Crippen LogP contribution in [0.2, 0.25) is 0 Å². The second kappa shape index (κ2) is 9.00. The summed E-state index contributed by atoms with van der Waals surface area (Å²) in [6.45, 7) is 4.01. The van der Waals surface area contributed by atoms with Crippen molar-refractivity contribution in [3.63, 3.8) is 0 Å². The van der Waals surface area contributed by atoms with Crippen LogP contribution in [0.5, 0.6) is 0 Å². The number of unbranched alkanes of at least 4 members (excludes halogenated alkanes) is 1. The van der Waals surface area contributed by atoms with Gasteiger partial charge in [0.1, 0.15) is 6.04 Å². The summed E-state index contributed by atoms with van der Waals surface area (Å²) in [5, 5.41) is 14.5. The molecule has 0 aliphatic heterocycles. The first-order chi connectivity index (χ1) is 10.0. The van der Waals surface area contributed by atoms with Crippen LogP contribution in [0.25, 0.3) is 0 Å². The summed E-state index contributed by atoms with van der Waals surface area (Å²) >= 11 is 0. The molecule has 0 saturated heterocycles. The number of aliphatic carboxylic acids is 1. The Morgan fingerprint density at radius 1 is 1.19 bits per heavy atom. The van der Waals surface area contributed by atoms with Crippen LogP contribution in [-0.2, 0) is 11.2 Å². The zero-order chi connectivity index (χ0) is 15.7. The van der Waals surface area contributed by atoms with Crippen molar-refractivity contribution in [3.05, 3.63) is 35.9 Å². The van der Waals surface area contributed by atoms with Crippen molar-refractivity contribution in [2.45, 2.75) is 51.6 Å². The van der Waals surface area contributed by atoms with E-state index in [1.807, 2.05) is 37.3 Å². The van der Waals surface area contributed by atoms with E-state index >= 15 is 0 Å². The summed E-state index contributed by atoms with van der Waals surface area (Å²) in [7, 11) is 0. The van der Waals surface area contributed by atoms with Crippen LogP contribution in [-0.4, -0.2) is 29.2 Å². The number of hydrogen-bond acceptors (Lipinski definition) is 2. The second-order valence-corrected chi connectivity index (χ2v) is 5.24. The van der Waals surface area contributed by atoms with Gasteiger partial charge in [-0.15, -0.1) is 0 Å². The van der Waals surface area contributed by atoms with Crippen molar-refractivity contribution in [2.75, 3.05) is 0 Å². The lowest BCUT2D eigenvalue weighted by Crippen LogP contribution is -2.49. The van der Waals surface area contributed by atoms with Crippen molar-refractivity contribution >= 4 is 12.0 Å². The van der Waals surface area contributed by atoms with E-state index in [0.29, 0.717) is 0 Å². The first-order valence-electron chi connectivity index (χ1n) is 7.36. The summed E-state index contributed by atoms with van der Waals surface area (Å²) < 4.78 is 0. The molecule has 5 heteroatoms. The Hall–Kier alpha value is -2.04. The molecule has 2 atom stereocenters. The molecule has 0 aromatic heterocycles. The topological polar surface area (TPSA) is 78.4 Å². The monoisotopic (exact) mass is 292 g/mol. The zero-order valence-corrected chi connectivity index (χ0v) is 12.6. The molecule has 3 N–H and O–H groups in total. The molecule has 0 saturated carbocycles. The molecule has 116 valence electrons. The minimum Gasteiger partial charge on any atom is -0.480 e. The quantitative estimate of drug-likeness (QED) is 0.689. The van der Waals surface area contributed by atoms with Crippen molar-refractivity contribution < 1.29 is 14.7 Å². The molecule has 5 nitrogen and oxygen atoms in total. The fourth-order valence-electron chi connectivity index (χ4n) is 2.06. The van der Waals surface area contributed by atoms with E-state index in [0.717, 1.165) is 24.8 Å². The third-order valence-corrected chi connectivity index (χ3v) is 3.25. The van der Waals surface area contributed by atoms with Crippen LogP contribution in [0.1, 0.15) is 38.7 Å². The third kappa shape index (κ3) is 6.79. The van der Waals surface area contributed by atoms with E-state index in [1.54, 1.807) is 0 Å². The van der Waals surface area contributed by atoms with Crippen LogP contribution in [0.4, 0.5) is 4.79 Å². The number of amides is 2. The SMILES string of the molecule is CCCCC(C)NC(=O)N[C@H](Cc1ccccc1)C(=O)O. The van der Waals surface area contributed by atoms with Crippen LogP contribution in [0.15, 0.2) is 30.3 Å². The van der Waals surface area contributed by atoms with E-state index in [4.69, 9.17) is 0 Å². The minimum absolute atomic E-state index is 0.0381. The van der Waals surface area contributed by atoms with E-state index in [2.05, 4.69) is 17.6 Å². The fraction of sp³-hybridized carbons (Fsp3) is 0.500. The van der Waals surface area contributed by atoms with Crippen molar-refractivity contribution in [3.8, 4) is 0 Å². The highest BCUT2D eigenvalue weighted by atomic mass is 16.4. The normalized spacial score (nSPS) is 13.2. The van der Waals surface area contributed by atoms with Crippen molar-refractivity contribution in [2.24, 2.45) is 0 Å². The van der Waals surface area contributed by atoms with Gasteiger partial charge in [0.25, 0.3) is 0 Å². The standard InChI is InChI=1S/C16H24N2O3/c1-3-4-8-12(2)17-16(21)18-14(15(19)20)11-13-9-6-5-7-10-13/h5-7,9-10,12,14H,3-4,8,11H2,1-2H3,(H,19,20)(H2,17,18,21)/t12?,14-/m1/s1. The summed E-state index contributed by atoms with van der Waals surface area (Å²) in [6.07, 6.45) is 3.26. The molecule has 1 rings (SSSR count). The van der Waals surface area contributed by atoms with Gasteiger partial charge in [0, 0.05) is 12.5 Å². The molecule has 21 heavy (non-hydrogen) atoms. The Kier molecular flexibility index (Phi) is 7.29. The number of carbonyl (C=O) groups is 2. The van der Waals surface area contributed by atoms with E-state index in [-0.39, 0.29) is 12.5 Å². The van der Waals surface area contributed by atoms with E-state index < -0.39 is 18.0 Å². The molecule has 0 bridgehead atoms. The molecule has 2 amide bonds. The number of carbonyl (C=O) groups excluding carboxylic acids is 1. The summed E-state index contributed by atoms with van der Waals surface area (Å²) in [5.41, 5.74) is 0.879. The van der Waals surface area contributed by atoms with Gasteiger partial charge in [-0.3, -0.25) is 0 Å². The first-order valence-corrected chi connectivity index (χ1v) is 7.36. The average Bonchev–Trinajstić information content (AvgIpc) is 2.45. The molecule has 0 radical (unpaired) electrons. The Morgan fingerprint density at radius 2 is 1.86 bits per heavy atom. The van der Waals surface area contributed by atoms with Gasteiger partial charge in [-0.1, -0.05) is 50.1 Å². The van der Waals surface area contributed by atoms with Crippen molar-refractivity contribution in [1.82, 2.24) is 10.6 Å². The molecule has 0 fully saturated rings. The number of hydrogen-bond donors (Lipinski definition) is 3. The van der Waals surface area contributed by atoms with E-state index in [9.17, 15) is 14.7 Å². The minimum atomic E-state index is -1.03. The Bertz CT molecular complexity index is 448. The lowest BCUT2D eigenvalue weighted by molar-refractivity contribution is -0.139. The highest BCUT2D eigenvalue weighted by Gasteiger charge is 2.20. The summed E-state index contributed by atoms with van der Waals surface area (Å²) in [4.78, 5) is 23.1. The molecule has 0 spiro atoms. The van der Waals surface area contributed by atoms with Gasteiger partial charge in [0.2, 0.25) is 0 Å². The number of benzene rings is 1. The van der Waals surface area contributed by atoms with Gasteiger partial charge in [-0.05, 0) is 18.9 Å². The molecule has 0 heterocycles. The lowest BCUT2D eigenvalue weighted by atomic mass is 10.1. The molecule has 1 unspecified atom stereocenters. The predicted octanol–water partition coefficient (Wildman–Crippen LogP) is 2.56. The Morgan fingerprint density at radius 3 is 2.43 bits per heavy atom. The number of carboxylic acid groups (broad SMARTS) is 1. The van der Waals surface area contributed by atoms with Crippen molar-refractivity contribution in [1.29, 1.82) is 0 Å². The fourth-order valence-corrected chi connectivity index (χ4v) is 2.06. The number of nitrogens with one attached hydrogen (secondary N) is 2. The summed E-state index contributed by atoms with van der Waals surface area (Å²) in [5.74, 6) is -1.03. The zero-order valence-electron chi connectivity index (χ0n) is 12.6. The van der Waals surface area contributed by atoms with Crippen LogP contribution >= 0.6 is 0 Å². The van der Waals surface area contributed by atoms with Gasteiger partial charge < -0.3 is 15.7 Å². The van der Waals surface area contributed by atoms with E-state index in [1.165, 1.54) is 0 Å². The Balaban J connectivity index is 2.50. The molecule has 0 aliphatic carbocycles. The van der Waals surface area contributed by atoms with Gasteiger partial charge in [0.05, 0.1) is 0 Å². The smallest absolute Gasteiger partial charge is 0.326 e. The maximum Gasteiger partial charge on any atom is 0.326 e. The first kappa shape index (κ1) is 17.0. The van der Waals surface area contributed by atoms with Crippen LogP contribution < -0.4 is 10.6 Å². The maximum atomic E-state index is 11.8. The average molecular weight is 292 g/mol. The van der Waals surface area contributed by atoms with Gasteiger partial charge in [-0.2, -0.15) is 0 Å². The van der Waals surface area contributed by atoms with Crippen LogP contribution in [0, 0.1) is 0 Å². The van der Waals surface area contributed by atoms with Gasteiger partial charge >= 0.3 is 12.0 Å². The van der Waals surface area contributed by atoms with Gasteiger partial charge in [-0.25, -0.2) is 9.59 Å². The number of carboxylic acids is 1. The lowest BCUT2D eigenvalue weighted by Gasteiger charge is -2.18. The highest BCUT2D eigenvalue weighted by molar-refractivity contribution is 5.82. The second-order valence-electron chi connectivity index (χ2n) is 5.24. The number of rotatable bonds is 8. The molecule has 0 aliphatic rings. The predicted molar refractivity (Wildman–Crippen MR) is 82.2 cm³/mol.